The minimum Gasteiger partial charge on any atom is -0.497 e. The van der Waals surface area contributed by atoms with Crippen LogP contribution in [0.4, 0.5) is 11.8 Å². The minimum absolute atomic E-state index is 0.718. The Morgan fingerprint density at radius 3 is 2.67 bits per heavy atom. The maximum absolute atomic E-state index is 5.27. The summed E-state index contributed by atoms with van der Waals surface area (Å²) >= 11 is 0. The summed E-state index contributed by atoms with van der Waals surface area (Å²) in [4.78, 5) is 15.1. The number of anilines is 2. The molecule has 0 saturated heterocycles. The number of methoxy groups -OCH3 is 1. The molecule has 0 radical (unpaired) electrons. The second kappa shape index (κ2) is 9.52. The average molecular weight is 363 g/mol. The quantitative estimate of drug-likeness (QED) is 0.630. The highest BCUT2D eigenvalue weighted by Crippen LogP contribution is 2.14. The molecule has 0 bridgehead atoms. The summed E-state index contributed by atoms with van der Waals surface area (Å²) < 4.78 is 5.27. The highest BCUT2D eigenvalue weighted by Gasteiger charge is 2.06. The summed E-state index contributed by atoms with van der Waals surface area (Å²) in [5.41, 5.74) is 2.48. The van der Waals surface area contributed by atoms with E-state index in [1.54, 1.807) is 13.3 Å². The lowest BCUT2D eigenvalue weighted by molar-refractivity contribution is 0.414. The van der Waals surface area contributed by atoms with Crippen LogP contribution in [0, 0.1) is 0 Å². The third-order valence-corrected chi connectivity index (χ3v) is 4.32. The Morgan fingerprint density at radius 2 is 1.85 bits per heavy atom. The zero-order valence-electron chi connectivity index (χ0n) is 15.8. The summed E-state index contributed by atoms with van der Waals surface area (Å²) in [6.07, 6.45) is 7.25. The number of ether oxygens (including phenoxy) is 1. The van der Waals surface area contributed by atoms with E-state index in [4.69, 9.17) is 4.74 Å². The predicted molar refractivity (Wildman–Crippen MR) is 108 cm³/mol. The van der Waals surface area contributed by atoms with Crippen LogP contribution in [-0.2, 0) is 12.8 Å². The lowest BCUT2D eigenvalue weighted by atomic mass is 10.1. The Labute approximate surface area is 160 Å². The fourth-order valence-corrected chi connectivity index (χ4v) is 2.74. The molecule has 1 N–H and O–H groups in total. The lowest BCUT2D eigenvalue weighted by Crippen LogP contribution is -2.23. The molecular weight excluding hydrogens is 338 g/mol. The Bertz CT molecular complexity index is 841. The fourth-order valence-electron chi connectivity index (χ4n) is 2.74. The maximum Gasteiger partial charge on any atom is 0.226 e. The third-order valence-electron chi connectivity index (χ3n) is 4.32. The molecule has 6 nitrogen and oxygen atoms in total. The topological polar surface area (TPSA) is 63.2 Å². The van der Waals surface area contributed by atoms with Crippen molar-refractivity contribution in [2.24, 2.45) is 0 Å². The van der Waals surface area contributed by atoms with Crippen LogP contribution >= 0.6 is 0 Å². The van der Waals surface area contributed by atoms with Gasteiger partial charge in [-0.1, -0.05) is 12.1 Å². The van der Waals surface area contributed by atoms with Gasteiger partial charge in [0.05, 0.1) is 7.11 Å². The van der Waals surface area contributed by atoms with E-state index in [-0.39, 0.29) is 0 Å². The van der Waals surface area contributed by atoms with Gasteiger partial charge < -0.3 is 15.0 Å². The second-order valence-corrected chi connectivity index (χ2v) is 6.30. The van der Waals surface area contributed by atoms with Crippen LogP contribution in [0.5, 0.6) is 5.75 Å². The molecule has 0 aliphatic heterocycles. The lowest BCUT2D eigenvalue weighted by Gasteiger charge is -2.17. The van der Waals surface area contributed by atoms with Gasteiger partial charge in [-0.3, -0.25) is 4.98 Å². The Kier molecular flexibility index (Phi) is 6.57. The van der Waals surface area contributed by atoms with Gasteiger partial charge in [-0.05, 0) is 54.3 Å². The molecule has 3 rings (SSSR count). The average Bonchev–Trinajstić information content (AvgIpc) is 2.73. The van der Waals surface area contributed by atoms with E-state index < -0.39 is 0 Å². The van der Waals surface area contributed by atoms with Crippen molar-refractivity contribution < 1.29 is 4.74 Å². The fraction of sp³-hybridized carbons (Fsp3) is 0.286. The predicted octanol–water partition coefficient (Wildman–Crippen LogP) is 3.21. The first-order chi connectivity index (χ1) is 13.2. The number of likely N-dealkylation sites (N-methyl/N-ethyl adjacent to an activating group) is 1. The van der Waals surface area contributed by atoms with Gasteiger partial charge in [0, 0.05) is 38.7 Å². The molecule has 2 heterocycles. The molecule has 0 saturated carbocycles. The number of hydrogen-bond acceptors (Lipinski definition) is 6. The van der Waals surface area contributed by atoms with Gasteiger partial charge in [-0.2, -0.15) is 4.98 Å². The van der Waals surface area contributed by atoms with Crippen molar-refractivity contribution in [2.75, 3.05) is 37.5 Å². The first-order valence-corrected chi connectivity index (χ1v) is 9.04. The zero-order chi connectivity index (χ0) is 18.9. The van der Waals surface area contributed by atoms with E-state index in [9.17, 15) is 0 Å². The van der Waals surface area contributed by atoms with Crippen molar-refractivity contribution in [2.45, 2.75) is 12.8 Å². The number of hydrogen-bond donors (Lipinski definition) is 1. The van der Waals surface area contributed by atoms with E-state index in [2.05, 4.69) is 37.3 Å². The van der Waals surface area contributed by atoms with Crippen molar-refractivity contribution in [3.63, 3.8) is 0 Å². The molecule has 0 aliphatic carbocycles. The molecule has 2 aromatic heterocycles. The van der Waals surface area contributed by atoms with Crippen molar-refractivity contribution in [3.8, 4) is 5.75 Å². The van der Waals surface area contributed by atoms with Gasteiger partial charge in [-0.15, -0.1) is 0 Å². The molecular formula is C21H25N5O. The van der Waals surface area contributed by atoms with Gasteiger partial charge in [0.15, 0.2) is 0 Å². The normalized spacial score (nSPS) is 10.4. The first-order valence-electron chi connectivity index (χ1n) is 9.04. The van der Waals surface area contributed by atoms with Crippen LogP contribution < -0.4 is 15.0 Å². The van der Waals surface area contributed by atoms with Gasteiger partial charge in [0.25, 0.3) is 0 Å². The number of nitrogens with zero attached hydrogens (tertiary/aromatic N) is 4. The molecule has 0 aliphatic rings. The minimum atomic E-state index is 0.718. The summed E-state index contributed by atoms with van der Waals surface area (Å²) in [7, 11) is 3.70. The summed E-state index contributed by atoms with van der Waals surface area (Å²) in [6, 6.07) is 14.1. The van der Waals surface area contributed by atoms with Crippen LogP contribution in [0.25, 0.3) is 0 Å². The van der Waals surface area contributed by atoms with E-state index >= 15 is 0 Å². The molecule has 3 aromatic rings. The van der Waals surface area contributed by atoms with Crippen molar-refractivity contribution in [1.29, 1.82) is 0 Å². The highest BCUT2D eigenvalue weighted by atomic mass is 16.5. The van der Waals surface area contributed by atoms with E-state index in [1.165, 1.54) is 11.1 Å². The van der Waals surface area contributed by atoms with Crippen molar-refractivity contribution >= 4 is 11.8 Å². The molecule has 6 heteroatoms. The summed E-state index contributed by atoms with van der Waals surface area (Å²) in [5.74, 6) is 2.43. The number of benzene rings is 1. The summed E-state index contributed by atoms with van der Waals surface area (Å²) in [6.45, 7) is 1.64. The smallest absolute Gasteiger partial charge is 0.226 e. The highest BCUT2D eigenvalue weighted by molar-refractivity contribution is 5.41. The maximum atomic E-state index is 5.27. The molecule has 1 aromatic carbocycles. The molecule has 0 fully saturated rings. The molecule has 0 atom stereocenters. The molecule has 0 amide bonds. The van der Waals surface area contributed by atoms with Crippen molar-refractivity contribution in [3.05, 3.63) is 72.2 Å². The van der Waals surface area contributed by atoms with Gasteiger partial charge in [-0.25, -0.2) is 4.98 Å². The van der Waals surface area contributed by atoms with Crippen LogP contribution in [0.3, 0.4) is 0 Å². The molecule has 27 heavy (non-hydrogen) atoms. The number of rotatable bonds is 9. The van der Waals surface area contributed by atoms with E-state index in [0.29, 0.717) is 0 Å². The number of pyridine rings is 1. The third kappa shape index (κ3) is 5.67. The molecule has 140 valence electrons. The van der Waals surface area contributed by atoms with E-state index in [0.717, 1.165) is 43.4 Å². The number of nitrogens with one attached hydrogen (secondary N) is 1. The largest absolute Gasteiger partial charge is 0.497 e. The molecule has 0 spiro atoms. The number of aromatic nitrogens is 3. The van der Waals surface area contributed by atoms with E-state index in [1.807, 2.05) is 49.8 Å². The van der Waals surface area contributed by atoms with Gasteiger partial charge >= 0.3 is 0 Å². The van der Waals surface area contributed by atoms with Gasteiger partial charge in [0.2, 0.25) is 5.95 Å². The SMILES string of the molecule is COc1cccc(CCNc2ccnc(N(C)CCc3ccncc3)n2)c1. The van der Waals surface area contributed by atoms with Crippen LogP contribution in [0.15, 0.2) is 61.1 Å². The van der Waals surface area contributed by atoms with Crippen LogP contribution in [0.1, 0.15) is 11.1 Å². The van der Waals surface area contributed by atoms with Crippen LogP contribution in [0.2, 0.25) is 0 Å². The standard InChI is InChI=1S/C21H25N5O/c1-26(15-10-17-6-11-22-12-7-17)21-24-14-9-20(25-21)23-13-8-18-4-3-5-19(16-18)27-2/h3-7,9,11-12,14,16H,8,10,13,15H2,1-2H3,(H,23,24,25). The monoisotopic (exact) mass is 363 g/mol. The summed E-state index contributed by atoms with van der Waals surface area (Å²) in [5, 5.41) is 3.37. The Morgan fingerprint density at radius 1 is 1.00 bits per heavy atom. The second-order valence-electron chi connectivity index (χ2n) is 6.30. The van der Waals surface area contributed by atoms with Gasteiger partial charge in [0.1, 0.15) is 11.6 Å². The van der Waals surface area contributed by atoms with Crippen LogP contribution in [-0.4, -0.2) is 42.2 Å². The van der Waals surface area contributed by atoms with Crippen molar-refractivity contribution in [1.82, 2.24) is 15.0 Å². The Hall–Kier alpha value is -3.15. The Balaban J connectivity index is 1.51. The first kappa shape index (κ1) is 18.6. The molecule has 0 unspecified atom stereocenters. The zero-order valence-corrected chi connectivity index (χ0v) is 15.8.